The minimum atomic E-state index is -1.07. The molecular formula is C20H21N3O3. The molecule has 0 atom stereocenters. The monoisotopic (exact) mass is 351 g/mol. The van der Waals surface area contributed by atoms with Crippen LogP contribution in [0, 0.1) is 20.8 Å². The van der Waals surface area contributed by atoms with Gasteiger partial charge >= 0.3 is 5.97 Å². The van der Waals surface area contributed by atoms with E-state index in [1.165, 1.54) is 5.56 Å². The molecule has 6 heteroatoms. The highest BCUT2D eigenvalue weighted by Gasteiger charge is 2.18. The van der Waals surface area contributed by atoms with Gasteiger partial charge in [0, 0.05) is 11.8 Å². The second kappa shape index (κ2) is 7.00. The van der Waals surface area contributed by atoms with Crippen LogP contribution in [0.25, 0.3) is 16.9 Å². The van der Waals surface area contributed by atoms with Gasteiger partial charge in [-0.2, -0.15) is 0 Å². The third-order valence-electron chi connectivity index (χ3n) is 4.43. The summed E-state index contributed by atoms with van der Waals surface area (Å²) in [7, 11) is 0. The van der Waals surface area contributed by atoms with Gasteiger partial charge in [0.1, 0.15) is 12.2 Å². The maximum absolute atomic E-state index is 12.2. The lowest BCUT2D eigenvalue weighted by atomic mass is 10.0. The van der Waals surface area contributed by atoms with E-state index in [2.05, 4.69) is 11.4 Å². The molecule has 0 spiro atoms. The average molecular weight is 351 g/mol. The van der Waals surface area contributed by atoms with Crippen molar-refractivity contribution in [3.05, 3.63) is 58.9 Å². The minimum Gasteiger partial charge on any atom is -0.480 e. The van der Waals surface area contributed by atoms with Crippen molar-refractivity contribution in [3.8, 4) is 11.3 Å². The molecule has 0 aliphatic heterocycles. The average Bonchev–Trinajstić information content (AvgIpc) is 2.93. The lowest BCUT2D eigenvalue weighted by molar-refractivity contribution is -0.137. The zero-order valence-corrected chi connectivity index (χ0v) is 15.0. The number of rotatable bonds is 5. The van der Waals surface area contributed by atoms with E-state index in [4.69, 9.17) is 10.1 Å². The molecule has 6 nitrogen and oxygen atoms in total. The molecule has 0 aliphatic rings. The van der Waals surface area contributed by atoms with Gasteiger partial charge in [0.2, 0.25) is 5.91 Å². The maximum atomic E-state index is 12.2. The number of amides is 1. The van der Waals surface area contributed by atoms with Crippen molar-refractivity contribution in [2.75, 3.05) is 6.54 Å². The van der Waals surface area contributed by atoms with Crippen LogP contribution in [0.3, 0.4) is 0 Å². The summed E-state index contributed by atoms with van der Waals surface area (Å²) < 4.78 is 1.89. The fourth-order valence-corrected chi connectivity index (χ4v) is 2.87. The first-order chi connectivity index (χ1) is 12.3. The van der Waals surface area contributed by atoms with E-state index < -0.39 is 12.5 Å². The van der Waals surface area contributed by atoms with Gasteiger partial charge in [0.25, 0.3) is 0 Å². The topological polar surface area (TPSA) is 83.7 Å². The summed E-state index contributed by atoms with van der Waals surface area (Å²) >= 11 is 0. The van der Waals surface area contributed by atoms with Gasteiger partial charge < -0.3 is 14.8 Å². The number of aliphatic carboxylic acids is 1. The number of carbonyl (C=O) groups is 2. The number of carboxylic acid groups (broad SMARTS) is 1. The van der Waals surface area contributed by atoms with Gasteiger partial charge in [0.15, 0.2) is 0 Å². The minimum absolute atomic E-state index is 0.0553. The standard InChI is InChI=1S/C20H21N3O3/c1-12-6-7-23-16(10-18(24)21-11-19(25)26)20(22-17(23)8-12)15-5-4-13(2)14(3)9-15/h4-9H,10-11H2,1-3H3,(H,21,24)(H,25,26). The Morgan fingerprint density at radius 3 is 2.58 bits per heavy atom. The molecule has 0 radical (unpaired) electrons. The van der Waals surface area contributed by atoms with Crippen molar-refractivity contribution >= 4 is 17.5 Å². The van der Waals surface area contributed by atoms with E-state index in [1.54, 1.807) is 0 Å². The van der Waals surface area contributed by atoms with Gasteiger partial charge in [-0.1, -0.05) is 12.1 Å². The smallest absolute Gasteiger partial charge is 0.322 e. The molecule has 0 fully saturated rings. The number of nitrogens with one attached hydrogen (secondary N) is 1. The fraction of sp³-hybridized carbons (Fsp3) is 0.250. The molecule has 2 aromatic heterocycles. The van der Waals surface area contributed by atoms with Gasteiger partial charge in [-0.25, -0.2) is 4.98 Å². The lowest BCUT2D eigenvalue weighted by Crippen LogP contribution is -2.30. The second-order valence-corrected chi connectivity index (χ2v) is 6.49. The van der Waals surface area contributed by atoms with Gasteiger partial charge in [0.05, 0.1) is 17.8 Å². The van der Waals surface area contributed by atoms with Gasteiger partial charge in [-0.15, -0.1) is 0 Å². The van der Waals surface area contributed by atoms with Crippen LogP contribution >= 0.6 is 0 Å². The molecule has 2 heterocycles. The molecule has 1 aromatic carbocycles. The molecular weight excluding hydrogens is 330 g/mol. The van der Waals surface area contributed by atoms with Crippen LogP contribution in [0.5, 0.6) is 0 Å². The first-order valence-corrected chi connectivity index (χ1v) is 8.39. The molecule has 1 amide bonds. The van der Waals surface area contributed by atoms with Crippen molar-refractivity contribution in [2.24, 2.45) is 0 Å². The molecule has 3 aromatic rings. The number of hydrogen-bond acceptors (Lipinski definition) is 3. The van der Waals surface area contributed by atoms with E-state index in [1.807, 2.05) is 55.6 Å². The molecule has 2 N–H and O–H groups in total. The number of pyridine rings is 1. The molecule has 0 aliphatic carbocycles. The van der Waals surface area contributed by atoms with Crippen LogP contribution in [-0.4, -0.2) is 32.9 Å². The highest BCUT2D eigenvalue weighted by Crippen LogP contribution is 2.27. The van der Waals surface area contributed by atoms with Crippen molar-refractivity contribution < 1.29 is 14.7 Å². The molecule has 0 bridgehead atoms. The zero-order chi connectivity index (χ0) is 18.8. The largest absolute Gasteiger partial charge is 0.480 e. The molecule has 0 unspecified atom stereocenters. The Balaban J connectivity index is 2.07. The molecule has 3 rings (SSSR count). The summed E-state index contributed by atoms with van der Waals surface area (Å²) in [6, 6.07) is 10.0. The van der Waals surface area contributed by atoms with Crippen molar-refractivity contribution in [3.63, 3.8) is 0 Å². The highest BCUT2D eigenvalue weighted by molar-refractivity contribution is 5.84. The van der Waals surface area contributed by atoms with Crippen molar-refractivity contribution in [1.29, 1.82) is 0 Å². The summed E-state index contributed by atoms with van der Waals surface area (Å²) in [5, 5.41) is 11.2. The number of benzene rings is 1. The number of imidazole rings is 1. The SMILES string of the molecule is Cc1ccn2c(CC(=O)NCC(=O)O)c(-c3ccc(C)c(C)c3)nc2c1. The van der Waals surface area contributed by atoms with E-state index in [0.29, 0.717) is 0 Å². The summed E-state index contributed by atoms with van der Waals surface area (Å²) in [5.41, 5.74) is 6.60. The molecule has 0 saturated heterocycles. The summed E-state index contributed by atoms with van der Waals surface area (Å²) in [4.78, 5) is 27.6. The van der Waals surface area contributed by atoms with E-state index in [9.17, 15) is 9.59 Å². The van der Waals surface area contributed by atoms with Crippen LogP contribution < -0.4 is 5.32 Å². The Morgan fingerprint density at radius 2 is 1.88 bits per heavy atom. The Morgan fingerprint density at radius 1 is 1.12 bits per heavy atom. The zero-order valence-electron chi connectivity index (χ0n) is 15.0. The van der Waals surface area contributed by atoms with E-state index >= 15 is 0 Å². The number of hydrogen-bond donors (Lipinski definition) is 2. The number of aromatic nitrogens is 2. The number of carboxylic acids is 1. The number of carbonyl (C=O) groups excluding carboxylic acids is 1. The van der Waals surface area contributed by atoms with Crippen LogP contribution in [-0.2, 0) is 16.0 Å². The van der Waals surface area contributed by atoms with Crippen LogP contribution in [0.2, 0.25) is 0 Å². The Bertz CT molecular complexity index is 1000. The lowest BCUT2D eigenvalue weighted by Gasteiger charge is -2.08. The quantitative estimate of drug-likeness (QED) is 0.740. The third kappa shape index (κ3) is 3.59. The van der Waals surface area contributed by atoms with Crippen LogP contribution in [0.4, 0.5) is 0 Å². The first kappa shape index (κ1) is 17.7. The predicted molar refractivity (Wildman–Crippen MR) is 99.2 cm³/mol. The van der Waals surface area contributed by atoms with Crippen LogP contribution in [0.15, 0.2) is 36.5 Å². The highest BCUT2D eigenvalue weighted by atomic mass is 16.4. The van der Waals surface area contributed by atoms with Gasteiger partial charge in [-0.05, 0) is 55.7 Å². The number of nitrogens with zero attached hydrogens (tertiary/aromatic N) is 2. The van der Waals surface area contributed by atoms with Crippen molar-refractivity contribution in [2.45, 2.75) is 27.2 Å². The third-order valence-corrected chi connectivity index (χ3v) is 4.43. The van der Waals surface area contributed by atoms with E-state index in [0.717, 1.165) is 33.7 Å². The molecule has 26 heavy (non-hydrogen) atoms. The summed E-state index contributed by atoms with van der Waals surface area (Å²) in [6.45, 7) is 5.68. The normalized spacial score (nSPS) is 10.9. The number of fused-ring (bicyclic) bond motifs is 1. The number of aryl methyl sites for hydroxylation is 3. The van der Waals surface area contributed by atoms with E-state index in [-0.39, 0.29) is 12.3 Å². The molecule has 134 valence electrons. The summed E-state index contributed by atoms with van der Waals surface area (Å²) in [6.07, 6.45) is 1.95. The first-order valence-electron chi connectivity index (χ1n) is 8.39. The Kier molecular flexibility index (Phi) is 4.75. The second-order valence-electron chi connectivity index (χ2n) is 6.49. The van der Waals surface area contributed by atoms with Gasteiger partial charge in [-0.3, -0.25) is 9.59 Å². The Labute approximate surface area is 151 Å². The maximum Gasteiger partial charge on any atom is 0.322 e. The molecule has 0 saturated carbocycles. The fourth-order valence-electron chi connectivity index (χ4n) is 2.87. The Hall–Kier alpha value is -3.15. The van der Waals surface area contributed by atoms with Crippen molar-refractivity contribution in [1.82, 2.24) is 14.7 Å². The summed E-state index contributed by atoms with van der Waals surface area (Å²) in [5.74, 6) is -1.42. The predicted octanol–water partition coefficient (Wildman–Crippen LogP) is 2.67. The van der Waals surface area contributed by atoms with Crippen LogP contribution in [0.1, 0.15) is 22.4 Å².